The quantitative estimate of drug-likeness (QED) is 0.185. The molecule has 0 saturated carbocycles. The Morgan fingerprint density at radius 3 is 2.09 bits per heavy atom. The van der Waals surface area contributed by atoms with E-state index in [2.05, 4.69) is 5.32 Å². The van der Waals surface area contributed by atoms with Crippen LogP contribution in [-0.2, 0) is 32.6 Å². The second-order valence-corrected chi connectivity index (χ2v) is 13.7. The molecule has 0 bridgehead atoms. The van der Waals surface area contributed by atoms with Crippen LogP contribution in [-0.4, -0.2) is 51.4 Å². The first-order chi connectivity index (χ1) is 22.0. The van der Waals surface area contributed by atoms with Gasteiger partial charge in [-0.2, -0.15) is 0 Å². The number of carbonyl (C=O) groups excluding carboxylic acids is 2. The molecule has 0 unspecified atom stereocenters. The number of anilines is 1. The number of benzene rings is 4. The van der Waals surface area contributed by atoms with Gasteiger partial charge in [-0.05, 0) is 78.4 Å². The van der Waals surface area contributed by atoms with Crippen molar-refractivity contribution >= 4 is 27.5 Å². The molecule has 0 aliphatic carbocycles. The maximum absolute atomic E-state index is 14.6. The van der Waals surface area contributed by atoms with Crippen molar-refractivity contribution in [2.24, 2.45) is 5.92 Å². The molecule has 0 radical (unpaired) electrons. The van der Waals surface area contributed by atoms with Gasteiger partial charge in [0.25, 0.3) is 10.0 Å². The monoisotopic (exact) mass is 641 g/mol. The van der Waals surface area contributed by atoms with Crippen LogP contribution in [0.25, 0.3) is 0 Å². The molecule has 1 N–H and O–H groups in total. The van der Waals surface area contributed by atoms with E-state index in [-0.39, 0.29) is 29.7 Å². The average molecular weight is 642 g/mol. The van der Waals surface area contributed by atoms with Gasteiger partial charge in [0.15, 0.2) is 0 Å². The summed E-state index contributed by atoms with van der Waals surface area (Å²) in [5.74, 6) is -0.0176. The minimum absolute atomic E-state index is 0.0643. The highest BCUT2D eigenvalue weighted by molar-refractivity contribution is 7.92. The number of hydrogen-bond acceptors (Lipinski definition) is 5. The van der Waals surface area contributed by atoms with Gasteiger partial charge < -0.3 is 15.0 Å². The Bertz CT molecular complexity index is 1730. The fraction of sp³-hybridized carbons (Fsp3) is 0.297. The largest absolute Gasteiger partial charge is 0.497 e. The number of rotatable bonds is 14. The molecule has 242 valence electrons. The van der Waals surface area contributed by atoms with Crippen LogP contribution in [0.2, 0.25) is 0 Å². The molecule has 2 amide bonds. The predicted octanol–water partition coefficient (Wildman–Crippen LogP) is 5.92. The molecule has 0 saturated heterocycles. The van der Waals surface area contributed by atoms with Gasteiger partial charge in [-0.25, -0.2) is 8.42 Å². The minimum Gasteiger partial charge on any atom is -0.497 e. The molecule has 4 aromatic carbocycles. The van der Waals surface area contributed by atoms with E-state index in [0.29, 0.717) is 18.0 Å². The number of sulfonamides is 1. The van der Waals surface area contributed by atoms with E-state index in [1.54, 1.807) is 43.5 Å². The van der Waals surface area contributed by atoms with E-state index in [4.69, 9.17) is 4.74 Å². The van der Waals surface area contributed by atoms with Crippen molar-refractivity contribution in [1.29, 1.82) is 0 Å². The highest BCUT2D eigenvalue weighted by Crippen LogP contribution is 2.27. The Morgan fingerprint density at radius 2 is 1.46 bits per heavy atom. The Morgan fingerprint density at radius 1 is 0.804 bits per heavy atom. The van der Waals surface area contributed by atoms with Crippen molar-refractivity contribution in [3.63, 3.8) is 0 Å². The number of hydrogen-bond donors (Lipinski definition) is 1. The normalized spacial score (nSPS) is 12.0. The van der Waals surface area contributed by atoms with Crippen molar-refractivity contribution in [1.82, 2.24) is 10.2 Å². The Kier molecular flexibility index (Phi) is 11.6. The van der Waals surface area contributed by atoms with Crippen molar-refractivity contribution in [2.45, 2.75) is 51.6 Å². The van der Waals surface area contributed by atoms with Crippen LogP contribution in [0, 0.1) is 19.8 Å². The van der Waals surface area contributed by atoms with E-state index >= 15 is 0 Å². The molecule has 4 aromatic rings. The first kappa shape index (κ1) is 34.2. The number of nitrogens with zero attached hydrogens (tertiary/aromatic N) is 2. The van der Waals surface area contributed by atoms with E-state index in [1.165, 1.54) is 17.0 Å². The van der Waals surface area contributed by atoms with Crippen LogP contribution in [0.3, 0.4) is 0 Å². The Balaban J connectivity index is 1.82. The van der Waals surface area contributed by atoms with Gasteiger partial charge in [0.2, 0.25) is 11.8 Å². The Labute approximate surface area is 273 Å². The van der Waals surface area contributed by atoms with Crippen molar-refractivity contribution in [3.8, 4) is 5.75 Å². The summed E-state index contributed by atoms with van der Waals surface area (Å²) in [6.07, 6.45) is 0.246. The van der Waals surface area contributed by atoms with Gasteiger partial charge in [0.05, 0.1) is 17.7 Å². The predicted molar refractivity (Wildman–Crippen MR) is 182 cm³/mol. The first-order valence-electron chi connectivity index (χ1n) is 15.4. The number of ether oxygens (including phenoxy) is 1. The third kappa shape index (κ3) is 8.75. The van der Waals surface area contributed by atoms with E-state index in [9.17, 15) is 18.0 Å². The second-order valence-electron chi connectivity index (χ2n) is 11.8. The van der Waals surface area contributed by atoms with Crippen LogP contribution in [0.1, 0.15) is 36.1 Å². The summed E-state index contributed by atoms with van der Waals surface area (Å²) < 4.78 is 34.9. The SMILES string of the molecule is COc1cccc(CN(C(=O)CN(c2ccc(C)c(C)c2)S(=O)(=O)c2ccccc2)[C@@H](Cc2ccccc2)C(=O)NCC(C)C)c1. The summed E-state index contributed by atoms with van der Waals surface area (Å²) >= 11 is 0. The summed E-state index contributed by atoms with van der Waals surface area (Å²) in [5.41, 5.74) is 3.87. The first-order valence-corrected chi connectivity index (χ1v) is 16.8. The topological polar surface area (TPSA) is 96.0 Å². The van der Waals surface area contributed by atoms with Crippen molar-refractivity contribution in [2.75, 3.05) is 24.5 Å². The zero-order valence-electron chi connectivity index (χ0n) is 27.1. The molecular weight excluding hydrogens is 598 g/mol. The van der Waals surface area contributed by atoms with Crippen LogP contribution in [0.5, 0.6) is 5.75 Å². The van der Waals surface area contributed by atoms with E-state index < -0.39 is 28.5 Å². The molecule has 0 aliphatic heterocycles. The lowest BCUT2D eigenvalue weighted by molar-refractivity contribution is -0.140. The van der Waals surface area contributed by atoms with Gasteiger partial charge in [-0.15, -0.1) is 0 Å². The lowest BCUT2D eigenvalue weighted by atomic mass is 10.0. The molecular formula is C37H43N3O5S. The van der Waals surface area contributed by atoms with E-state index in [1.807, 2.05) is 82.3 Å². The van der Waals surface area contributed by atoms with Crippen molar-refractivity contribution < 1.29 is 22.7 Å². The van der Waals surface area contributed by atoms with Crippen LogP contribution < -0.4 is 14.4 Å². The number of carbonyl (C=O) groups is 2. The van der Waals surface area contributed by atoms with Gasteiger partial charge >= 0.3 is 0 Å². The lowest BCUT2D eigenvalue weighted by Crippen LogP contribution is -2.53. The number of nitrogens with one attached hydrogen (secondary N) is 1. The molecule has 8 nitrogen and oxygen atoms in total. The maximum atomic E-state index is 14.6. The molecule has 0 spiro atoms. The highest BCUT2D eigenvalue weighted by Gasteiger charge is 2.34. The third-order valence-electron chi connectivity index (χ3n) is 7.83. The summed E-state index contributed by atoms with van der Waals surface area (Å²) in [6.45, 7) is 7.84. The van der Waals surface area contributed by atoms with Crippen LogP contribution >= 0.6 is 0 Å². The summed E-state index contributed by atoms with van der Waals surface area (Å²) in [6, 6.07) is 29.3. The molecule has 0 aliphatic rings. The second kappa shape index (κ2) is 15.6. The zero-order chi connectivity index (χ0) is 33.3. The van der Waals surface area contributed by atoms with Crippen molar-refractivity contribution in [3.05, 3.63) is 125 Å². The maximum Gasteiger partial charge on any atom is 0.264 e. The van der Waals surface area contributed by atoms with Crippen LogP contribution in [0.4, 0.5) is 5.69 Å². The van der Waals surface area contributed by atoms with Crippen LogP contribution in [0.15, 0.2) is 108 Å². The summed E-state index contributed by atoms with van der Waals surface area (Å²) in [5, 5.41) is 3.01. The fourth-order valence-corrected chi connectivity index (χ4v) is 6.50. The van der Waals surface area contributed by atoms with Gasteiger partial charge in [0, 0.05) is 19.5 Å². The molecule has 9 heteroatoms. The molecule has 0 heterocycles. The van der Waals surface area contributed by atoms with Gasteiger partial charge in [-0.3, -0.25) is 13.9 Å². The molecule has 4 rings (SSSR count). The smallest absolute Gasteiger partial charge is 0.264 e. The average Bonchev–Trinajstić information content (AvgIpc) is 3.06. The van der Waals surface area contributed by atoms with Gasteiger partial charge in [0.1, 0.15) is 18.3 Å². The zero-order valence-corrected chi connectivity index (χ0v) is 28.0. The lowest BCUT2D eigenvalue weighted by Gasteiger charge is -2.34. The molecule has 0 aromatic heterocycles. The van der Waals surface area contributed by atoms with Gasteiger partial charge in [-0.1, -0.05) is 80.6 Å². The number of aryl methyl sites for hydroxylation is 2. The summed E-state index contributed by atoms with van der Waals surface area (Å²) in [4.78, 5) is 30.1. The summed E-state index contributed by atoms with van der Waals surface area (Å²) in [7, 11) is -2.59. The number of amides is 2. The number of methoxy groups -OCH3 is 1. The molecule has 46 heavy (non-hydrogen) atoms. The fourth-order valence-electron chi connectivity index (χ4n) is 5.07. The standard InChI is InChI=1S/C37H43N3O5S/c1-27(2)24-38-37(42)35(23-30-13-8-6-9-14-30)39(25-31-15-12-16-33(22-31)45-5)36(41)26-40(32-20-19-28(3)29(4)21-32)46(43,44)34-17-10-7-11-18-34/h6-22,27,35H,23-26H2,1-5H3,(H,38,42)/t35-/m0/s1. The molecule has 1 atom stereocenters. The Hall–Kier alpha value is -4.63. The molecule has 0 fully saturated rings. The third-order valence-corrected chi connectivity index (χ3v) is 9.62. The minimum atomic E-state index is -4.16. The highest BCUT2D eigenvalue weighted by atomic mass is 32.2. The van der Waals surface area contributed by atoms with E-state index in [0.717, 1.165) is 26.6 Å².